The zero-order chi connectivity index (χ0) is 17.4. The minimum atomic E-state index is -0.232. The summed E-state index contributed by atoms with van der Waals surface area (Å²) in [7, 11) is 0. The second-order valence-electron chi connectivity index (χ2n) is 6.55. The number of aromatic amines is 1. The number of benzene rings is 1. The van der Waals surface area contributed by atoms with Gasteiger partial charge in [-0.15, -0.1) is 0 Å². The number of rotatable bonds is 3. The standard InChI is InChI=1S/C18H21FN6/c1-11-8-16(14-9-13(19)2-3-15(14)21-11)25-6-4-12(5-7-25)18-22-17(10-20)23-24-18/h2-3,8-9,12H,4-7,10,20H2,1H3,(H,22,23,24). The molecule has 0 atom stereocenters. The van der Waals surface area contributed by atoms with Gasteiger partial charge in [-0.2, -0.15) is 5.10 Å². The lowest BCUT2D eigenvalue weighted by Gasteiger charge is -2.33. The van der Waals surface area contributed by atoms with E-state index in [2.05, 4.69) is 25.1 Å². The fourth-order valence-corrected chi connectivity index (χ4v) is 3.53. The molecule has 6 nitrogen and oxygen atoms in total. The first-order chi connectivity index (χ1) is 12.1. The molecular weight excluding hydrogens is 319 g/mol. The summed E-state index contributed by atoms with van der Waals surface area (Å²) in [5.74, 6) is 1.67. The number of anilines is 1. The third kappa shape index (κ3) is 3.07. The highest BCUT2D eigenvalue weighted by atomic mass is 19.1. The topological polar surface area (TPSA) is 83.7 Å². The molecule has 2 aromatic heterocycles. The molecule has 7 heteroatoms. The van der Waals surface area contributed by atoms with Crippen molar-refractivity contribution < 1.29 is 4.39 Å². The van der Waals surface area contributed by atoms with E-state index >= 15 is 0 Å². The summed E-state index contributed by atoms with van der Waals surface area (Å²) in [6.45, 7) is 4.11. The molecule has 25 heavy (non-hydrogen) atoms. The largest absolute Gasteiger partial charge is 0.371 e. The molecule has 0 unspecified atom stereocenters. The Kier molecular flexibility index (Phi) is 4.09. The van der Waals surface area contributed by atoms with Crippen LogP contribution in [0, 0.1) is 12.7 Å². The van der Waals surface area contributed by atoms with Crippen LogP contribution in [0.15, 0.2) is 24.3 Å². The van der Waals surface area contributed by atoms with Crippen molar-refractivity contribution in [1.82, 2.24) is 20.2 Å². The fraction of sp³-hybridized carbons (Fsp3) is 0.389. The van der Waals surface area contributed by atoms with Crippen molar-refractivity contribution in [3.05, 3.63) is 47.4 Å². The Labute approximate surface area is 145 Å². The molecule has 4 rings (SSSR count). The van der Waals surface area contributed by atoms with Gasteiger partial charge in [-0.05, 0) is 44.0 Å². The number of piperidine rings is 1. The zero-order valence-electron chi connectivity index (χ0n) is 14.2. The van der Waals surface area contributed by atoms with Gasteiger partial charge in [0.1, 0.15) is 11.6 Å². The first-order valence-electron chi connectivity index (χ1n) is 8.57. The molecule has 0 radical (unpaired) electrons. The first-order valence-corrected chi connectivity index (χ1v) is 8.57. The molecule has 1 aliphatic heterocycles. The SMILES string of the molecule is Cc1cc(N2CCC(c3n[nH]c(CN)n3)CC2)c2cc(F)ccc2n1. The Bertz CT molecular complexity index is 898. The molecule has 0 amide bonds. The lowest BCUT2D eigenvalue weighted by atomic mass is 9.95. The van der Waals surface area contributed by atoms with Crippen LogP contribution in [0.4, 0.5) is 10.1 Å². The minimum Gasteiger partial charge on any atom is -0.371 e. The summed E-state index contributed by atoms with van der Waals surface area (Å²) in [6.07, 6.45) is 1.92. The second kappa shape index (κ2) is 6.40. The number of aryl methyl sites for hydroxylation is 1. The van der Waals surface area contributed by atoms with E-state index in [9.17, 15) is 4.39 Å². The molecular formula is C18H21FN6. The summed E-state index contributed by atoms with van der Waals surface area (Å²) < 4.78 is 13.7. The third-order valence-electron chi connectivity index (χ3n) is 4.82. The van der Waals surface area contributed by atoms with Gasteiger partial charge in [0, 0.05) is 35.8 Å². The maximum absolute atomic E-state index is 13.7. The van der Waals surface area contributed by atoms with Crippen LogP contribution in [-0.2, 0) is 6.54 Å². The van der Waals surface area contributed by atoms with Crippen LogP contribution in [0.2, 0.25) is 0 Å². The number of hydrogen-bond donors (Lipinski definition) is 2. The Morgan fingerprint density at radius 3 is 2.76 bits per heavy atom. The summed E-state index contributed by atoms with van der Waals surface area (Å²) in [6, 6.07) is 6.83. The van der Waals surface area contributed by atoms with Crippen LogP contribution in [-0.4, -0.2) is 33.3 Å². The smallest absolute Gasteiger partial charge is 0.153 e. The average molecular weight is 340 g/mol. The van der Waals surface area contributed by atoms with Crippen LogP contribution in [0.25, 0.3) is 10.9 Å². The molecule has 0 bridgehead atoms. The Balaban J connectivity index is 1.58. The molecule has 1 aliphatic rings. The van der Waals surface area contributed by atoms with Gasteiger partial charge in [-0.1, -0.05) is 0 Å². The van der Waals surface area contributed by atoms with E-state index in [1.807, 2.05) is 13.0 Å². The molecule has 0 saturated carbocycles. The van der Waals surface area contributed by atoms with E-state index in [4.69, 9.17) is 5.73 Å². The third-order valence-corrected chi connectivity index (χ3v) is 4.82. The Morgan fingerprint density at radius 1 is 1.24 bits per heavy atom. The molecule has 1 aromatic carbocycles. The molecule has 3 aromatic rings. The number of aromatic nitrogens is 4. The van der Waals surface area contributed by atoms with Crippen molar-refractivity contribution in [3.63, 3.8) is 0 Å². The lowest BCUT2D eigenvalue weighted by molar-refractivity contribution is 0.487. The zero-order valence-corrected chi connectivity index (χ0v) is 14.2. The lowest BCUT2D eigenvalue weighted by Crippen LogP contribution is -2.33. The van der Waals surface area contributed by atoms with E-state index in [1.54, 1.807) is 12.1 Å². The Hall–Kier alpha value is -2.54. The summed E-state index contributed by atoms with van der Waals surface area (Å²) in [4.78, 5) is 11.3. The normalized spacial score (nSPS) is 15.9. The summed E-state index contributed by atoms with van der Waals surface area (Å²) in [5.41, 5.74) is 8.42. The average Bonchev–Trinajstić information content (AvgIpc) is 3.11. The van der Waals surface area contributed by atoms with Crippen molar-refractivity contribution in [1.29, 1.82) is 0 Å². The number of fused-ring (bicyclic) bond motifs is 1. The monoisotopic (exact) mass is 340 g/mol. The van der Waals surface area contributed by atoms with Gasteiger partial charge >= 0.3 is 0 Å². The summed E-state index contributed by atoms with van der Waals surface area (Å²) >= 11 is 0. The maximum atomic E-state index is 13.7. The van der Waals surface area contributed by atoms with E-state index in [1.165, 1.54) is 6.07 Å². The van der Waals surface area contributed by atoms with Crippen molar-refractivity contribution in [3.8, 4) is 0 Å². The predicted octanol–water partition coefficient (Wildman–Crippen LogP) is 2.64. The molecule has 0 aliphatic carbocycles. The quantitative estimate of drug-likeness (QED) is 0.766. The van der Waals surface area contributed by atoms with Crippen molar-refractivity contribution >= 4 is 16.6 Å². The second-order valence-corrected chi connectivity index (χ2v) is 6.55. The van der Waals surface area contributed by atoms with Gasteiger partial charge in [-0.25, -0.2) is 9.37 Å². The first kappa shape index (κ1) is 16.0. The van der Waals surface area contributed by atoms with Crippen molar-refractivity contribution in [2.24, 2.45) is 5.73 Å². The molecule has 130 valence electrons. The van der Waals surface area contributed by atoms with Gasteiger partial charge in [-0.3, -0.25) is 10.1 Å². The van der Waals surface area contributed by atoms with Crippen molar-refractivity contribution in [2.75, 3.05) is 18.0 Å². The van der Waals surface area contributed by atoms with Gasteiger partial charge < -0.3 is 10.6 Å². The van der Waals surface area contributed by atoms with Crippen LogP contribution in [0.3, 0.4) is 0 Å². The molecule has 3 heterocycles. The van der Waals surface area contributed by atoms with Crippen LogP contribution in [0.5, 0.6) is 0 Å². The van der Waals surface area contributed by atoms with E-state index in [-0.39, 0.29) is 5.82 Å². The van der Waals surface area contributed by atoms with Gasteiger partial charge in [0.25, 0.3) is 0 Å². The predicted molar refractivity (Wildman–Crippen MR) is 94.9 cm³/mol. The highest BCUT2D eigenvalue weighted by Gasteiger charge is 2.25. The highest BCUT2D eigenvalue weighted by Crippen LogP contribution is 2.33. The number of hydrogen-bond acceptors (Lipinski definition) is 5. The molecule has 1 fully saturated rings. The van der Waals surface area contributed by atoms with Crippen molar-refractivity contribution in [2.45, 2.75) is 32.2 Å². The van der Waals surface area contributed by atoms with Crippen LogP contribution in [0.1, 0.15) is 36.1 Å². The fourth-order valence-electron chi connectivity index (χ4n) is 3.53. The van der Waals surface area contributed by atoms with E-state index in [0.29, 0.717) is 12.5 Å². The van der Waals surface area contributed by atoms with Gasteiger partial charge in [0.2, 0.25) is 0 Å². The number of H-pyrrole nitrogens is 1. The van der Waals surface area contributed by atoms with Gasteiger partial charge in [0.05, 0.1) is 12.1 Å². The van der Waals surface area contributed by atoms with Crippen LogP contribution < -0.4 is 10.6 Å². The minimum absolute atomic E-state index is 0.232. The van der Waals surface area contributed by atoms with Gasteiger partial charge in [0.15, 0.2) is 5.82 Å². The number of pyridine rings is 1. The highest BCUT2D eigenvalue weighted by molar-refractivity contribution is 5.92. The van der Waals surface area contributed by atoms with E-state index < -0.39 is 0 Å². The molecule has 3 N–H and O–H groups in total. The van der Waals surface area contributed by atoms with E-state index in [0.717, 1.165) is 59.9 Å². The Morgan fingerprint density at radius 2 is 2.04 bits per heavy atom. The molecule has 0 spiro atoms. The number of halogens is 1. The summed E-state index contributed by atoms with van der Waals surface area (Å²) in [5, 5.41) is 8.04. The number of nitrogens with two attached hydrogens (primary N) is 1. The van der Waals surface area contributed by atoms with Crippen LogP contribution >= 0.6 is 0 Å². The number of nitrogens with one attached hydrogen (secondary N) is 1. The number of nitrogens with zero attached hydrogens (tertiary/aromatic N) is 4. The molecule has 1 saturated heterocycles. The maximum Gasteiger partial charge on any atom is 0.153 e.